The first-order valence-electron chi connectivity index (χ1n) is 23.8. The van der Waals surface area contributed by atoms with Crippen LogP contribution in [-0.2, 0) is 32.9 Å². The molecule has 3 unspecified atom stereocenters. The lowest BCUT2D eigenvalue weighted by atomic mass is 9.99. The number of phosphoric acid groups is 1. The Morgan fingerprint density at radius 3 is 1.69 bits per heavy atom. The van der Waals surface area contributed by atoms with Crippen LogP contribution in [0.2, 0.25) is 0 Å². The van der Waals surface area contributed by atoms with Gasteiger partial charge in [-0.3, -0.25) is 14.1 Å². The average Bonchev–Trinajstić information content (AvgIpc) is 3.95. The molecule has 0 spiro atoms. The van der Waals surface area contributed by atoms with Crippen LogP contribution < -0.4 is 0 Å². The summed E-state index contributed by atoms with van der Waals surface area (Å²) in [5, 5.41) is 0. The number of hydrogen-bond donors (Lipinski definition) is 2. The van der Waals surface area contributed by atoms with Crippen LogP contribution in [0.15, 0.2) is 36.5 Å². The molecule has 10 heteroatoms. The molecule has 1 saturated heterocycles. The summed E-state index contributed by atoms with van der Waals surface area (Å²) in [5.74, 6) is -0.0551. The third kappa shape index (κ3) is 37.2. The van der Waals surface area contributed by atoms with Crippen LogP contribution in [0.1, 0.15) is 220 Å². The summed E-state index contributed by atoms with van der Waals surface area (Å²) in [4.78, 5) is 43.1. The van der Waals surface area contributed by atoms with Gasteiger partial charge in [0.1, 0.15) is 6.61 Å². The lowest BCUT2D eigenvalue weighted by Gasteiger charge is -2.18. The van der Waals surface area contributed by atoms with Crippen LogP contribution in [0, 0.1) is 5.92 Å². The van der Waals surface area contributed by atoms with Crippen molar-refractivity contribution in [3.63, 3.8) is 0 Å². The van der Waals surface area contributed by atoms with Crippen molar-refractivity contribution in [1.29, 1.82) is 0 Å². The van der Waals surface area contributed by atoms with Gasteiger partial charge in [0.2, 0.25) is 0 Å². The molecule has 2 N–H and O–H groups in total. The van der Waals surface area contributed by atoms with E-state index in [1.54, 1.807) is 0 Å². The van der Waals surface area contributed by atoms with Gasteiger partial charge in [-0.25, -0.2) is 4.57 Å². The van der Waals surface area contributed by atoms with Crippen molar-refractivity contribution in [3.05, 3.63) is 36.5 Å². The summed E-state index contributed by atoms with van der Waals surface area (Å²) < 4.78 is 32.2. The summed E-state index contributed by atoms with van der Waals surface area (Å²) in [6, 6.07) is 0. The number of carbonyl (C=O) groups is 2. The second kappa shape index (κ2) is 38.2. The maximum Gasteiger partial charge on any atom is 0.469 e. The number of esters is 2. The van der Waals surface area contributed by atoms with E-state index in [2.05, 4.69) is 61.8 Å². The minimum atomic E-state index is -4.78. The van der Waals surface area contributed by atoms with E-state index in [9.17, 15) is 14.2 Å². The summed E-state index contributed by atoms with van der Waals surface area (Å²) in [6.45, 7) is 6.01. The number of hydrogen-bond acceptors (Lipinski definition) is 7. The van der Waals surface area contributed by atoms with E-state index in [1.165, 1.54) is 128 Å². The van der Waals surface area contributed by atoms with Gasteiger partial charge in [0, 0.05) is 12.8 Å². The number of epoxide rings is 1. The Morgan fingerprint density at radius 1 is 0.621 bits per heavy atom. The molecule has 0 saturated carbocycles. The highest BCUT2D eigenvalue weighted by molar-refractivity contribution is 7.46. The van der Waals surface area contributed by atoms with Gasteiger partial charge in [-0.2, -0.15) is 0 Å². The molecular weight excluding hydrogens is 751 g/mol. The molecule has 0 amide bonds. The van der Waals surface area contributed by atoms with E-state index < -0.39 is 32.5 Å². The number of phosphoric ester groups is 1. The van der Waals surface area contributed by atoms with Gasteiger partial charge in [-0.15, -0.1) is 0 Å². The number of rotatable bonds is 42. The van der Waals surface area contributed by atoms with Crippen molar-refractivity contribution in [2.75, 3.05) is 13.2 Å². The molecule has 1 heterocycles. The summed E-state index contributed by atoms with van der Waals surface area (Å²) in [6.07, 6.45) is 47.4. The Kier molecular flexibility index (Phi) is 35.7. The second-order valence-corrected chi connectivity index (χ2v) is 18.0. The molecule has 4 atom stereocenters. The zero-order chi connectivity index (χ0) is 42.4. The molecule has 0 aromatic heterocycles. The molecule has 0 aromatic carbocycles. The predicted octanol–water partition coefficient (Wildman–Crippen LogP) is 13.8. The van der Waals surface area contributed by atoms with Crippen LogP contribution in [-0.4, -0.2) is 53.3 Å². The molecule has 9 nitrogen and oxygen atoms in total. The smallest absolute Gasteiger partial charge is 0.462 e. The fourth-order valence-corrected chi connectivity index (χ4v) is 7.44. The van der Waals surface area contributed by atoms with Gasteiger partial charge in [-0.1, -0.05) is 192 Å². The van der Waals surface area contributed by atoms with Gasteiger partial charge in [0.15, 0.2) is 6.10 Å². The summed E-state index contributed by atoms with van der Waals surface area (Å²) in [5.41, 5.74) is 0. The number of ether oxygens (including phenoxy) is 3. The number of unbranched alkanes of at least 4 members (excludes halogenated alkanes) is 20. The monoisotopic (exact) mass is 839 g/mol. The van der Waals surface area contributed by atoms with Gasteiger partial charge < -0.3 is 24.0 Å². The van der Waals surface area contributed by atoms with Gasteiger partial charge in [-0.05, 0) is 57.3 Å². The Morgan fingerprint density at radius 2 is 1.14 bits per heavy atom. The zero-order valence-electron chi connectivity index (χ0n) is 37.3. The standard InChI is InChI=1S/C48H87O9P/c1-4-6-7-8-9-10-11-21-24-27-30-33-37-45-46(57-45)38-35-40-48(50)56-44(42-55-58(51,52)53)41-54-47(49)39-34-31-28-25-22-19-17-15-13-12-14-16-18-20-23-26-29-32-36-43(3)5-2/h9-10,21,24,30,33,43-46H,4-8,11-20,22-23,25-29,31-32,34-42H2,1-3H3,(H2,51,52,53)/b10-9-,24-21-,33-30-/t43?,44-,45?,46?/m1/s1. The Labute approximate surface area is 355 Å². The van der Waals surface area contributed by atoms with E-state index >= 15 is 0 Å². The van der Waals surface area contributed by atoms with Crippen molar-refractivity contribution < 1.29 is 42.7 Å². The van der Waals surface area contributed by atoms with Crippen LogP contribution in [0.5, 0.6) is 0 Å². The van der Waals surface area contributed by atoms with E-state index in [-0.39, 0.29) is 31.7 Å². The number of carbonyl (C=O) groups excluding carboxylic acids is 2. The molecule has 1 rings (SSSR count). The highest BCUT2D eigenvalue weighted by atomic mass is 31.2. The molecule has 1 fully saturated rings. The lowest BCUT2D eigenvalue weighted by Crippen LogP contribution is -2.29. The first-order valence-corrected chi connectivity index (χ1v) is 25.3. The minimum absolute atomic E-state index is 0.115. The van der Waals surface area contributed by atoms with E-state index in [1.807, 2.05) is 0 Å². The molecule has 0 aromatic rings. The maximum absolute atomic E-state index is 12.5. The molecule has 0 radical (unpaired) electrons. The van der Waals surface area contributed by atoms with Gasteiger partial charge in [0.05, 0.1) is 18.8 Å². The third-order valence-corrected chi connectivity index (χ3v) is 11.6. The number of allylic oxidation sites excluding steroid dienone is 5. The predicted molar refractivity (Wildman–Crippen MR) is 239 cm³/mol. The molecular formula is C48H87O9P. The Hall–Kier alpha value is -1.77. The Balaban J connectivity index is 2.05. The first-order chi connectivity index (χ1) is 28.1. The normalized spacial score (nSPS) is 16.8. The third-order valence-electron chi connectivity index (χ3n) is 11.1. The van der Waals surface area contributed by atoms with Crippen molar-refractivity contribution >= 4 is 19.8 Å². The molecule has 1 aliphatic heterocycles. The first kappa shape index (κ1) is 54.2. The van der Waals surface area contributed by atoms with E-state index in [0.29, 0.717) is 12.8 Å². The van der Waals surface area contributed by atoms with Crippen molar-refractivity contribution in [2.24, 2.45) is 5.92 Å². The van der Waals surface area contributed by atoms with Crippen molar-refractivity contribution in [1.82, 2.24) is 0 Å². The molecule has 58 heavy (non-hydrogen) atoms. The SMILES string of the molecule is CCCCC/C=C\C/C=C\C/C=C\CC1OC1CCCC(=O)O[C@H](COC(=O)CCCCCCCCCCCCCCCCCCCCC(C)CC)COP(=O)(O)O. The van der Waals surface area contributed by atoms with Crippen LogP contribution >= 0.6 is 7.82 Å². The van der Waals surface area contributed by atoms with E-state index in [0.717, 1.165) is 50.9 Å². The Bertz CT molecular complexity index is 1120. The highest BCUT2D eigenvalue weighted by Gasteiger charge is 2.36. The average molecular weight is 839 g/mol. The van der Waals surface area contributed by atoms with E-state index in [4.69, 9.17) is 24.0 Å². The topological polar surface area (TPSA) is 132 Å². The van der Waals surface area contributed by atoms with Gasteiger partial charge >= 0.3 is 19.8 Å². The molecule has 0 bridgehead atoms. The minimum Gasteiger partial charge on any atom is -0.462 e. The highest BCUT2D eigenvalue weighted by Crippen LogP contribution is 2.36. The summed E-state index contributed by atoms with van der Waals surface area (Å²) >= 11 is 0. The van der Waals surface area contributed by atoms with Crippen LogP contribution in [0.4, 0.5) is 0 Å². The fraction of sp³-hybridized carbons (Fsp3) is 0.833. The quantitative estimate of drug-likeness (QED) is 0.0203. The van der Waals surface area contributed by atoms with Gasteiger partial charge in [0.25, 0.3) is 0 Å². The second-order valence-electron chi connectivity index (χ2n) is 16.7. The summed E-state index contributed by atoms with van der Waals surface area (Å²) in [7, 11) is -4.78. The van der Waals surface area contributed by atoms with Crippen molar-refractivity contribution in [3.8, 4) is 0 Å². The molecule has 338 valence electrons. The van der Waals surface area contributed by atoms with Crippen LogP contribution in [0.3, 0.4) is 0 Å². The zero-order valence-corrected chi connectivity index (χ0v) is 38.2. The molecule has 1 aliphatic rings. The lowest BCUT2D eigenvalue weighted by molar-refractivity contribution is -0.161. The molecule has 0 aliphatic carbocycles. The maximum atomic E-state index is 12.5. The van der Waals surface area contributed by atoms with Crippen LogP contribution in [0.25, 0.3) is 0 Å². The van der Waals surface area contributed by atoms with Crippen molar-refractivity contribution in [2.45, 2.75) is 238 Å². The largest absolute Gasteiger partial charge is 0.469 e. The fourth-order valence-electron chi connectivity index (χ4n) is 7.08.